The molecule has 15 heavy (non-hydrogen) atoms. The monoisotopic (exact) mass is 204 g/mol. The van der Waals surface area contributed by atoms with Crippen LogP contribution in [-0.2, 0) is 9.53 Å². The van der Waals surface area contributed by atoms with Gasteiger partial charge in [-0.15, -0.1) is 0 Å². The lowest BCUT2D eigenvalue weighted by Crippen LogP contribution is -2.11. The van der Waals surface area contributed by atoms with Gasteiger partial charge in [-0.1, -0.05) is 12.1 Å². The lowest BCUT2D eigenvalue weighted by atomic mass is 10.0. The quantitative estimate of drug-likeness (QED) is 0.741. The SMILES string of the molecule is COc1cccc([C@H]2CC(=O)C=CO2)c1. The summed E-state index contributed by atoms with van der Waals surface area (Å²) in [6.45, 7) is 0. The molecule has 0 bridgehead atoms. The molecule has 0 aliphatic carbocycles. The number of benzene rings is 1. The van der Waals surface area contributed by atoms with E-state index in [2.05, 4.69) is 0 Å². The normalized spacial score (nSPS) is 19.8. The van der Waals surface area contributed by atoms with Gasteiger partial charge >= 0.3 is 0 Å². The highest BCUT2D eigenvalue weighted by Crippen LogP contribution is 2.27. The molecule has 0 saturated heterocycles. The van der Waals surface area contributed by atoms with Gasteiger partial charge in [-0.05, 0) is 17.7 Å². The number of hydrogen-bond donors (Lipinski definition) is 0. The van der Waals surface area contributed by atoms with E-state index < -0.39 is 0 Å². The summed E-state index contributed by atoms with van der Waals surface area (Å²) in [6.07, 6.45) is 3.12. The molecule has 1 heterocycles. The molecule has 1 aliphatic heterocycles. The summed E-state index contributed by atoms with van der Waals surface area (Å²) in [4.78, 5) is 11.2. The van der Waals surface area contributed by atoms with Gasteiger partial charge in [0.2, 0.25) is 0 Å². The van der Waals surface area contributed by atoms with E-state index in [1.807, 2.05) is 24.3 Å². The Hall–Kier alpha value is -1.77. The Morgan fingerprint density at radius 2 is 2.33 bits per heavy atom. The maximum atomic E-state index is 11.2. The van der Waals surface area contributed by atoms with Crippen LogP contribution < -0.4 is 4.74 Å². The standard InChI is InChI=1S/C12H12O3/c1-14-11-4-2-3-9(7-11)12-8-10(13)5-6-15-12/h2-7,12H,8H2,1H3/t12-/m1/s1. The van der Waals surface area contributed by atoms with Crippen molar-refractivity contribution in [2.45, 2.75) is 12.5 Å². The van der Waals surface area contributed by atoms with E-state index in [1.165, 1.54) is 12.3 Å². The third-order valence-electron chi connectivity index (χ3n) is 2.35. The molecule has 3 heteroatoms. The third kappa shape index (κ3) is 2.18. The van der Waals surface area contributed by atoms with Crippen LogP contribution in [0, 0.1) is 0 Å². The van der Waals surface area contributed by atoms with Crippen molar-refractivity contribution < 1.29 is 14.3 Å². The van der Waals surface area contributed by atoms with Crippen molar-refractivity contribution in [3.05, 3.63) is 42.2 Å². The van der Waals surface area contributed by atoms with Crippen molar-refractivity contribution in [1.82, 2.24) is 0 Å². The number of hydrogen-bond acceptors (Lipinski definition) is 3. The molecule has 0 aromatic heterocycles. The Labute approximate surface area is 88.3 Å². The molecule has 3 nitrogen and oxygen atoms in total. The van der Waals surface area contributed by atoms with Gasteiger partial charge in [0.05, 0.1) is 19.8 Å². The van der Waals surface area contributed by atoms with E-state index in [0.29, 0.717) is 6.42 Å². The van der Waals surface area contributed by atoms with Crippen molar-refractivity contribution in [1.29, 1.82) is 0 Å². The number of rotatable bonds is 2. The molecule has 0 amide bonds. The molecule has 0 spiro atoms. The summed E-state index contributed by atoms with van der Waals surface area (Å²) in [5, 5.41) is 0. The minimum absolute atomic E-state index is 0.0917. The smallest absolute Gasteiger partial charge is 0.162 e. The first-order valence-electron chi connectivity index (χ1n) is 4.78. The molecule has 1 aliphatic rings. The van der Waals surface area contributed by atoms with Crippen molar-refractivity contribution in [3.63, 3.8) is 0 Å². The average Bonchev–Trinajstić information content (AvgIpc) is 2.29. The first-order valence-corrected chi connectivity index (χ1v) is 4.78. The van der Waals surface area contributed by atoms with E-state index in [4.69, 9.17) is 9.47 Å². The van der Waals surface area contributed by atoms with Crippen molar-refractivity contribution in [3.8, 4) is 5.75 Å². The van der Waals surface area contributed by atoms with Crippen LogP contribution in [0.15, 0.2) is 36.6 Å². The van der Waals surface area contributed by atoms with Crippen molar-refractivity contribution in [2.75, 3.05) is 7.11 Å². The Bertz CT molecular complexity index is 396. The summed E-state index contributed by atoms with van der Waals surface area (Å²) < 4.78 is 10.5. The van der Waals surface area contributed by atoms with Crippen LogP contribution in [0.4, 0.5) is 0 Å². The van der Waals surface area contributed by atoms with Gasteiger partial charge in [0.15, 0.2) is 5.78 Å². The van der Waals surface area contributed by atoms with Crippen LogP contribution in [0.2, 0.25) is 0 Å². The fourth-order valence-electron chi connectivity index (χ4n) is 1.55. The average molecular weight is 204 g/mol. The highest BCUT2D eigenvalue weighted by Gasteiger charge is 2.18. The summed E-state index contributed by atoms with van der Waals surface area (Å²) in [5.41, 5.74) is 0.965. The first-order chi connectivity index (χ1) is 7.29. The number of methoxy groups -OCH3 is 1. The van der Waals surface area contributed by atoms with E-state index in [-0.39, 0.29) is 11.9 Å². The molecule has 0 N–H and O–H groups in total. The summed E-state index contributed by atoms with van der Waals surface area (Å²) in [7, 11) is 1.62. The van der Waals surface area contributed by atoms with Gasteiger partial charge in [-0.3, -0.25) is 4.79 Å². The molecule has 0 unspecified atom stereocenters. The summed E-state index contributed by atoms with van der Waals surface area (Å²) in [5.74, 6) is 0.868. The number of allylic oxidation sites excluding steroid dienone is 1. The largest absolute Gasteiger partial charge is 0.497 e. The Morgan fingerprint density at radius 1 is 1.47 bits per heavy atom. The molecule has 1 aromatic rings. The van der Waals surface area contributed by atoms with E-state index >= 15 is 0 Å². The van der Waals surface area contributed by atoms with Gasteiger partial charge in [0, 0.05) is 6.08 Å². The Morgan fingerprint density at radius 3 is 3.07 bits per heavy atom. The maximum Gasteiger partial charge on any atom is 0.162 e. The lowest BCUT2D eigenvalue weighted by molar-refractivity contribution is -0.118. The zero-order chi connectivity index (χ0) is 10.7. The second kappa shape index (κ2) is 4.17. The number of ketones is 1. The van der Waals surface area contributed by atoms with E-state index in [9.17, 15) is 4.79 Å². The molecule has 78 valence electrons. The van der Waals surface area contributed by atoms with Crippen molar-refractivity contribution in [2.24, 2.45) is 0 Å². The topological polar surface area (TPSA) is 35.5 Å². The fourth-order valence-corrected chi connectivity index (χ4v) is 1.55. The second-order valence-corrected chi connectivity index (χ2v) is 3.37. The second-order valence-electron chi connectivity index (χ2n) is 3.37. The molecule has 1 aromatic carbocycles. The number of carbonyl (C=O) groups excluding carboxylic acids is 1. The van der Waals surface area contributed by atoms with Crippen LogP contribution in [0.5, 0.6) is 5.75 Å². The molecule has 1 atom stereocenters. The molecule has 0 fully saturated rings. The van der Waals surface area contributed by atoms with Gasteiger partial charge in [-0.25, -0.2) is 0 Å². The molecular formula is C12H12O3. The third-order valence-corrected chi connectivity index (χ3v) is 2.35. The van der Waals surface area contributed by atoms with Gasteiger partial charge in [0.1, 0.15) is 11.9 Å². The number of ether oxygens (including phenoxy) is 2. The first kappa shape index (κ1) is 9.77. The zero-order valence-corrected chi connectivity index (χ0v) is 8.47. The highest BCUT2D eigenvalue weighted by atomic mass is 16.5. The summed E-state index contributed by atoms with van der Waals surface area (Å²) >= 11 is 0. The fraction of sp³-hybridized carbons (Fsp3) is 0.250. The Balaban J connectivity index is 2.22. The van der Waals surface area contributed by atoms with Gasteiger partial charge in [-0.2, -0.15) is 0 Å². The minimum Gasteiger partial charge on any atom is -0.497 e. The van der Waals surface area contributed by atoms with Crippen LogP contribution >= 0.6 is 0 Å². The van der Waals surface area contributed by atoms with Gasteiger partial charge in [0.25, 0.3) is 0 Å². The molecule has 2 rings (SSSR count). The van der Waals surface area contributed by atoms with Crippen LogP contribution in [0.3, 0.4) is 0 Å². The highest BCUT2D eigenvalue weighted by molar-refractivity contribution is 5.90. The Kier molecular flexibility index (Phi) is 2.72. The van der Waals surface area contributed by atoms with E-state index in [0.717, 1.165) is 11.3 Å². The predicted octanol–water partition coefficient (Wildman–Crippen LogP) is 2.24. The van der Waals surface area contributed by atoms with Crippen molar-refractivity contribution >= 4 is 5.78 Å². The minimum atomic E-state index is -0.183. The van der Waals surface area contributed by atoms with Crippen LogP contribution in [0.25, 0.3) is 0 Å². The van der Waals surface area contributed by atoms with E-state index in [1.54, 1.807) is 7.11 Å². The number of carbonyl (C=O) groups is 1. The summed E-state index contributed by atoms with van der Waals surface area (Å²) in [6, 6.07) is 7.57. The molecule has 0 radical (unpaired) electrons. The maximum absolute atomic E-state index is 11.2. The predicted molar refractivity (Wildman–Crippen MR) is 55.6 cm³/mol. The van der Waals surface area contributed by atoms with Gasteiger partial charge < -0.3 is 9.47 Å². The molecule has 0 saturated carbocycles. The van der Waals surface area contributed by atoms with Crippen LogP contribution in [-0.4, -0.2) is 12.9 Å². The molecular weight excluding hydrogens is 192 g/mol. The zero-order valence-electron chi connectivity index (χ0n) is 8.47. The van der Waals surface area contributed by atoms with Crippen LogP contribution in [0.1, 0.15) is 18.1 Å². The lowest BCUT2D eigenvalue weighted by Gasteiger charge is -2.19.